The molecule has 0 aliphatic heterocycles. The minimum atomic E-state index is -0.450. The Balaban J connectivity index is 1.83. The Hall–Kier alpha value is -3.48. The first-order chi connectivity index (χ1) is 13.3. The van der Waals surface area contributed by atoms with Gasteiger partial charge in [0.05, 0.1) is 11.5 Å². The van der Waals surface area contributed by atoms with Gasteiger partial charge in [-0.3, -0.25) is 14.9 Å². The standard InChI is InChI=1S/C21H22N4O3/c1-12-8-13(2)20(14(3)9-12)24-19(26)11-22-17-10-15(4)23-21-16(17)6-5-7-18(21)25(27)28/h5-10H,11H2,1-4H3,(H,22,23)(H,24,26). The van der Waals surface area contributed by atoms with Crippen LogP contribution in [0.1, 0.15) is 22.4 Å². The van der Waals surface area contributed by atoms with Crippen LogP contribution in [0.2, 0.25) is 0 Å². The van der Waals surface area contributed by atoms with E-state index >= 15 is 0 Å². The average molecular weight is 378 g/mol. The molecule has 1 heterocycles. The van der Waals surface area contributed by atoms with E-state index in [-0.39, 0.29) is 18.1 Å². The van der Waals surface area contributed by atoms with Gasteiger partial charge < -0.3 is 10.6 Å². The van der Waals surface area contributed by atoms with Crippen molar-refractivity contribution in [1.29, 1.82) is 0 Å². The fourth-order valence-corrected chi connectivity index (χ4v) is 3.39. The number of nitro benzene ring substituents is 1. The number of hydrogen-bond acceptors (Lipinski definition) is 5. The number of rotatable bonds is 5. The first-order valence-electron chi connectivity index (χ1n) is 8.92. The molecule has 0 radical (unpaired) electrons. The molecule has 0 saturated heterocycles. The number of aromatic nitrogens is 1. The summed E-state index contributed by atoms with van der Waals surface area (Å²) in [5.74, 6) is -0.192. The molecular weight excluding hydrogens is 356 g/mol. The lowest BCUT2D eigenvalue weighted by molar-refractivity contribution is -0.383. The fourth-order valence-electron chi connectivity index (χ4n) is 3.39. The molecule has 1 amide bonds. The summed E-state index contributed by atoms with van der Waals surface area (Å²) in [5.41, 5.74) is 5.49. The number of aryl methyl sites for hydroxylation is 4. The lowest BCUT2D eigenvalue weighted by atomic mass is 10.1. The Morgan fingerprint density at radius 2 is 1.79 bits per heavy atom. The van der Waals surface area contributed by atoms with E-state index in [9.17, 15) is 14.9 Å². The molecule has 2 N–H and O–H groups in total. The number of benzene rings is 2. The zero-order valence-electron chi connectivity index (χ0n) is 16.3. The van der Waals surface area contributed by atoms with Crippen molar-refractivity contribution in [2.45, 2.75) is 27.7 Å². The zero-order valence-corrected chi connectivity index (χ0v) is 16.3. The summed E-state index contributed by atoms with van der Waals surface area (Å²) in [6.45, 7) is 7.74. The van der Waals surface area contributed by atoms with Crippen LogP contribution in [0.15, 0.2) is 36.4 Å². The van der Waals surface area contributed by atoms with E-state index in [0.717, 1.165) is 22.4 Å². The highest BCUT2D eigenvalue weighted by molar-refractivity contribution is 5.99. The molecule has 144 valence electrons. The lowest BCUT2D eigenvalue weighted by Gasteiger charge is -2.14. The van der Waals surface area contributed by atoms with Gasteiger partial charge in [0.15, 0.2) is 5.52 Å². The van der Waals surface area contributed by atoms with Crippen molar-refractivity contribution in [1.82, 2.24) is 4.98 Å². The molecule has 7 nitrogen and oxygen atoms in total. The van der Waals surface area contributed by atoms with E-state index in [1.807, 2.05) is 32.9 Å². The van der Waals surface area contributed by atoms with E-state index < -0.39 is 4.92 Å². The van der Waals surface area contributed by atoms with Crippen molar-refractivity contribution in [3.63, 3.8) is 0 Å². The minimum Gasteiger partial charge on any atom is -0.376 e. The Labute approximate surface area is 162 Å². The minimum absolute atomic E-state index is 0.0357. The highest BCUT2D eigenvalue weighted by Gasteiger charge is 2.16. The molecule has 0 saturated carbocycles. The number of nitrogens with zero attached hydrogens (tertiary/aromatic N) is 2. The van der Waals surface area contributed by atoms with Crippen LogP contribution in [-0.4, -0.2) is 22.4 Å². The van der Waals surface area contributed by atoms with Crippen LogP contribution in [0.4, 0.5) is 17.1 Å². The largest absolute Gasteiger partial charge is 0.376 e. The van der Waals surface area contributed by atoms with Crippen LogP contribution >= 0.6 is 0 Å². The number of pyridine rings is 1. The number of para-hydroxylation sites is 1. The third-order valence-electron chi connectivity index (χ3n) is 4.52. The first kappa shape index (κ1) is 19.3. The van der Waals surface area contributed by atoms with Crippen molar-refractivity contribution in [3.05, 3.63) is 68.9 Å². The monoisotopic (exact) mass is 378 g/mol. The van der Waals surface area contributed by atoms with Crippen molar-refractivity contribution in [3.8, 4) is 0 Å². The number of non-ortho nitro benzene ring substituents is 1. The second-order valence-electron chi connectivity index (χ2n) is 6.92. The van der Waals surface area contributed by atoms with Crippen molar-refractivity contribution in [2.75, 3.05) is 17.2 Å². The summed E-state index contributed by atoms with van der Waals surface area (Å²) >= 11 is 0. The van der Waals surface area contributed by atoms with Crippen LogP contribution in [0.3, 0.4) is 0 Å². The van der Waals surface area contributed by atoms with E-state index in [1.165, 1.54) is 6.07 Å². The van der Waals surface area contributed by atoms with Gasteiger partial charge in [-0.1, -0.05) is 29.8 Å². The molecular formula is C21H22N4O3. The highest BCUT2D eigenvalue weighted by atomic mass is 16.6. The van der Waals surface area contributed by atoms with E-state index in [0.29, 0.717) is 22.3 Å². The summed E-state index contributed by atoms with van der Waals surface area (Å²) < 4.78 is 0. The number of nitrogens with one attached hydrogen (secondary N) is 2. The molecule has 28 heavy (non-hydrogen) atoms. The summed E-state index contributed by atoms with van der Waals surface area (Å²) in [4.78, 5) is 27.6. The number of nitro groups is 1. The molecule has 3 aromatic rings. The van der Waals surface area contributed by atoms with Crippen LogP contribution < -0.4 is 10.6 Å². The van der Waals surface area contributed by atoms with Gasteiger partial charge in [0.1, 0.15) is 0 Å². The highest BCUT2D eigenvalue weighted by Crippen LogP contribution is 2.29. The number of carbonyl (C=O) groups is 1. The quantitative estimate of drug-likeness (QED) is 0.506. The Morgan fingerprint density at radius 3 is 2.43 bits per heavy atom. The van der Waals surface area contributed by atoms with Crippen LogP contribution in [0, 0.1) is 37.8 Å². The predicted molar refractivity (Wildman–Crippen MR) is 111 cm³/mol. The van der Waals surface area contributed by atoms with Crippen molar-refractivity contribution >= 4 is 33.9 Å². The number of carbonyl (C=O) groups excluding carboxylic acids is 1. The summed E-state index contributed by atoms with van der Waals surface area (Å²) in [5, 5.41) is 17.9. The predicted octanol–water partition coefficient (Wildman–Crippen LogP) is 4.43. The second-order valence-corrected chi connectivity index (χ2v) is 6.92. The smallest absolute Gasteiger partial charge is 0.295 e. The van der Waals surface area contributed by atoms with Gasteiger partial charge in [-0.15, -0.1) is 0 Å². The van der Waals surface area contributed by atoms with Gasteiger partial charge >= 0.3 is 0 Å². The van der Waals surface area contributed by atoms with E-state index in [1.54, 1.807) is 25.1 Å². The molecule has 0 bridgehead atoms. The molecule has 2 aromatic carbocycles. The normalized spacial score (nSPS) is 10.7. The van der Waals surface area contributed by atoms with Crippen LogP contribution in [-0.2, 0) is 4.79 Å². The second kappa shape index (κ2) is 7.64. The Morgan fingerprint density at radius 1 is 1.11 bits per heavy atom. The summed E-state index contributed by atoms with van der Waals surface area (Å²) in [6, 6.07) is 10.6. The van der Waals surface area contributed by atoms with Crippen LogP contribution in [0.5, 0.6) is 0 Å². The van der Waals surface area contributed by atoms with Crippen molar-refractivity contribution in [2.24, 2.45) is 0 Å². The molecule has 0 atom stereocenters. The molecule has 7 heteroatoms. The maximum absolute atomic E-state index is 12.5. The molecule has 0 aliphatic carbocycles. The number of hydrogen-bond donors (Lipinski definition) is 2. The Kier molecular flexibility index (Phi) is 5.26. The molecule has 0 aliphatic rings. The third-order valence-corrected chi connectivity index (χ3v) is 4.52. The van der Waals surface area contributed by atoms with Gasteiger partial charge in [0, 0.05) is 28.5 Å². The maximum Gasteiger partial charge on any atom is 0.295 e. The van der Waals surface area contributed by atoms with Gasteiger partial charge in [0.2, 0.25) is 5.91 Å². The lowest BCUT2D eigenvalue weighted by Crippen LogP contribution is -2.23. The fraction of sp³-hybridized carbons (Fsp3) is 0.238. The summed E-state index contributed by atoms with van der Waals surface area (Å²) in [6.07, 6.45) is 0. The molecule has 1 aromatic heterocycles. The maximum atomic E-state index is 12.5. The number of fused-ring (bicyclic) bond motifs is 1. The topological polar surface area (TPSA) is 97.2 Å². The number of anilines is 2. The SMILES string of the molecule is Cc1cc(C)c(NC(=O)CNc2cc(C)nc3c([N+](=O)[O-])cccc23)c(C)c1. The first-order valence-corrected chi connectivity index (χ1v) is 8.92. The number of amides is 1. The summed E-state index contributed by atoms with van der Waals surface area (Å²) in [7, 11) is 0. The van der Waals surface area contributed by atoms with Gasteiger partial charge in [0.25, 0.3) is 5.69 Å². The van der Waals surface area contributed by atoms with Crippen LogP contribution in [0.25, 0.3) is 10.9 Å². The van der Waals surface area contributed by atoms with Gasteiger partial charge in [-0.2, -0.15) is 0 Å². The molecule has 0 unspecified atom stereocenters. The Bertz CT molecular complexity index is 1070. The van der Waals surface area contributed by atoms with E-state index in [4.69, 9.17) is 0 Å². The average Bonchev–Trinajstić information content (AvgIpc) is 2.61. The third kappa shape index (κ3) is 3.93. The van der Waals surface area contributed by atoms with Crippen molar-refractivity contribution < 1.29 is 9.72 Å². The van der Waals surface area contributed by atoms with Gasteiger partial charge in [-0.05, 0) is 44.9 Å². The van der Waals surface area contributed by atoms with E-state index in [2.05, 4.69) is 15.6 Å². The molecule has 0 fully saturated rings. The van der Waals surface area contributed by atoms with Gasteiger partial charge in [-0.25, -0.2) is 4.98 Å². The zero-order chi connectivity index (χ0) is 20.4. The molecule has 0 spiro atoms. The molecule has 3 rings (SSSR count).